The van der Waals surface area contributed by atoms with Gasteiger partial charge in [0.2, 0.25) is 15.0 Å². The molecule has 0 bridgehead atoms. The summed E-state index contributed by atoms with van der Waals surface area (Å²) in [6.45, 7) is 1.96. The number of hydrogen-bond acceptors (Lipinski definition) is 6. The van der Waals surface area contributed by atoms with Crippen LogP contribution in [0.4, 0.5) is 13.2 Å². The van der Waals surface area contributed by atoms with Gasteiger partial charge < -0.3 is 0 Å². The average molecular weight is 357 g/mol. The number of alkyl halides is 3. The molecular formula is C10H14F3N5O2S2. The van der Waals surface area contributed by atoms with Crippen LogP contribution in [0.2, 0.25) is 0 Å². The van der Waals surface area contributed by atoms with E-state index in [9.17, 15) is 21.6 Å². The van der Waals surface area contributed by atoms with E-state index in [1.807, 2.05) is 6.92 Å². The van der Waals surface area contributed by atoms with Crippen molar-refractivity contribution in [2.24, 2.45) is 0 Å². The monoisotopic (exact) mass is 357 g/mol. The lowest BCUT2D eigenvalue weighted by molar-refractivity contribution is -0.146. The molecule has 2 heterocycles. The molecule has 2 aromatic heterocycles. The number of nitrogens with zero attached hydrogens (tertiary/aromatic N) is 4. The van der Waals surface area contributed by atoms with E-state index in [4.69, 9.17) is 0 Å². The first-order valence-electron chi connectivity index (χ1n) is 6.48. The van der Waals surface area contributed by atoms with Crippen LogP contribution < -0.4 is 4.72 Å². The number of halogens is 3. The summed E-state index contributed by atoms with van der Waals surface area (Å²) in [5.74, 6) is -1.15. The first-order valence-corrected chi connectivity index (χ1v) is 8.95. The molecule has 0 aromatic carbocycles. The summed E-state index contributed by atoms with van der Waals surface area (Å²) in [5, 5.41) is 10.6. The van der Waals surface area contributed by atoms with Crippen LogP contribution in [0.15, 0.2) is 0 Å². The third-order valence-corrected chi connectivity index (χ3v) is 5.14. The Balaban J connectivity index is 2.00. The zero-order valence-corrected chi connectivity index (χ0v) is 13.2. The van der Waals surface area contributed by atoms with Crippen LogP contribution in [0.3, 0.4) is 0 Å². The fraction of sp³-hybridized carbons (Fsp3) is 0.700. The molecule has 0 aliphatic carbocycles. The summed E-state index contributed by atoms with van der Waals surface area (Å²) in [4.78, 5) is 0.0242. The van der Waals surface area contributed by atoms with Gasteiger partial charge in [0.25, 0.3) is 5.82 Å². The van der Waals surface area contributed by atoms with Crippen LogP contribution >= 0.6 is 11.3 Å². The van der Waals surface area contributed by atoms with Crippen LogP contribution in [0, 0.1) is 0 Å². The topological polar surface area (TPSA) is 89.2 Å². The van der Waals surface area contributed by atoms with Crippen molar-refractivity contribution >= 4 is 26.3 Å². The first-order chi connectivity index (χ1) is 10.2. The molecule has 0 atom stereocenters. The zero-order valence-electron chi connectivity index (χ0n) is 11.6. The Hall–Kier alpha value is -1.27. The summed E-state index contributed by atoms with van der Waals surface area (Å²) in [7, 11) is -3.35. The molecule has 0 aliphatic rings. The second-order valence-corrected chi connectivity index (χ2v) is 7.50. The summed E-state index contributed by atoms with van der Waals surface area (Å²) in [5.41, 5.74) is 0. The van der Waals surface area contributed by atoms with Gasteiger partial charge in [-0.15, -0.1) is 10.2 Å². The minimum Gasteiger partial charge on any atom is -0.215 e. The highest BCUT2D eigenvalue weighted by Gasteiger charge is 2.38. The summed E-state index contributed by atoms with van der Waals surface area (Å²) in [6.07, 6.45) is -3.12. The number of nitrogens with one attached hydrogen (secondary N) is 1. The molecule has 2 aromatic rings. The van der Waals surface area contributed by atoms with Gasteiger partial charge in [-0.05, 0) is 6.42 Å². The molecule has 2 rings (SSSR count). The fourth-order valence-corrected chi connectivity index (χ4v) is 3.71. The maximum Gasteiger partial charge on any atom is 0.453 e. The Morgan fingerprint density at radius 3 is 2.68 bits per heavy atom. The van der Waals surface area contributed by atoms with Crippen LogP contribution in [0.5, 0.6) is 0 Å². The van der Waals surface area contributed by atoms with Gasteiger partial charge in [-0.3, -0.25) is 0 Å². The Bertz CT molecular complexity index is 737. The van der Waals surface area contributed by atoms with Gasteiger partial charge in [-0.2, -0.15) is 22.8 Å². The SMILES string of the molecule is CCCCS(=O)(=O)NCCc1nn2c(C(F)(F)F)nnc2s1. The van der Waals surface area contributed by atoms with E-state index in [2.05, 4.69) is 20.0 Å². The fourth-order valence-electron chi connectivity index (χ4n) is 1.65. The Morgan fingerprint density at radius 2 is 2.05 bits per heavy atom. The van der Waals surface area contributed by atoms with Gasteiger partial charge in [0.1, 0.15) is 5.01 Å². The Morgan fingerprint density at radius 1 is 1.32 bits per heavy atom. The maximum atomic E-state index is 12.6. The van der Waals surface area contributed by atoms with Gasteiger partial charge in [0.15, 0.2) is 0 Å². The number of fused-ring (bicyclic) bond motifs is 1. The van der Waals surface area contributed by atoms with Crippen LogP contribution in [0.25, 0.3) is 4.96 Å². The van der Waals surface area contributed by atoms with Crippen molar-refractivity contribution in [2.45, 2.75) is 32.4 Å². The maximum absolute atomic E-state index is 12.6. The molecule has 7 nitrogen and oxygen atoms in total. The van der Waals surface area contributed by atoms with Gasteiger partial charge in [0, 0.05) is 13.0 Å². The molecule has 0 saturated carbocycles. The Labute approximate surface area is 128 Å². The lowest BCUT2D eigenvalue weighted by Crippen LogP contribution is -2.28. The molecule has 12 heteroatoms. The van der Waals surface area contributed by atoms with Gasteiger partial charge in [-0.1, -0.05) is 24.7 Å². The summed E-state index contributed by atoms with van der Waals surface area (Å²) >= 11 is 0.946. The van der Waals surface area contributed by atoms with E-state index < -0.39 is 22.0 Å². The van der Waals surface area contributed by atoms with E-state index in [0.717, 1.165) is 17.8 Å². The van der Waals surface area contributed by atoms with Crippen molar-refractivity contribution < 1.29 is 21.6 Å². The third-order valence-electron chi connectivity index (χ3n) is 2.71. The van der Waals surface area contributed by atoms with E-state index in [-0.39, 0.29) is 23.7 Å². The molecule has 0 spiro atoms. The van der Waals surface area contributed by atoms with Crippen LogP contribution in [-0.4, -0.2) is 40.5 Å². The smallest absolute Gasteiger partial charge is 0.215 e. The number of rotatable bonds is 7. The van der Waals surface area contributed by atoms with Gasteiger partial charge in [-0.25, -0.2) is 13.1 Å². The number of sulfonamides is 1. The second-order valence-electron chi connectivity index (χ2n) is 4.53. The Kier molecular flexibility index (Phi) is 5.02. The molecule has 0 fully saturated rings. The van der Waals surface area contributed by atoms with Crippen molar-refractivity contribution in [1.82, 2.24) is 24.5 Å². The predicted octanol–water partition coefficient (Wildman–Crippen LogP) is 1.47. The molecule has 1 N–H and O–H groups in total. The van der Waals surface area contributed by atoms with Crippen molar-refractivity contribution in [3.8, 4) is 0 Å². The first kappa shape index (κ1) is 17.1. The number of hydrogen-bond donors (Lipinski definition) is 1. The quantitative estimate of drug-likeness (QED) is 0.810. The van der Waals surface area contributed by atoms with Crippen molar-refractivity contribution in [1.29, 1.82) is 0 Å². The molecule has 0 amide bonds. The standard InChI is InChI=1S/C10H14F3N5O2S2/c1-2-3-6-22(19,20)14-5-4-7-17-18-8(10(11,12)13)15-16-9(18)21-7/h14H,2-6H2,1H3. The zero-order chi connectivity index (χ0) is 16.4. The number of aromatic nitrogens is 4. The van der Waals surface area contributed by atoms with E-state index >= 15 is 0 Å². The molecule has 124 valence electrons. The highest BCUT2D eigenvalue weighted by atomic mass is 32.2. The largest absolute Gasteiger partial charge is 0.453 e. The molecular weight excluding hydrogens is 343 g/mol. The summed E-state index contributed by atoms with van der Waals surface area (Å²) in [6, 6.07) is 0. The van der Waals surface area contributed by atoms with Crippen molar-refractivity contribution in [3.05, 3.63) is 10.8 Å². The molecule has 0 aliphatic heterocycles. The lowest BCUT2D eigenvalue weighted by Gasteiger charge is -2.04. The molecule has 0 radical (unpaired) electrons. The molecule has 0 unspecified atom stereocenters. The van der Waals surface area contributed by atoms with Crippen molar-refractivity contribution in [3.63, 3.8) is 0 Å². The second kappa shape index (κ2) is 6.46. The third kappa shape index (κ3) is 4.14. The lowest BCUT2D eigenvalue weighted by atomic mass is 10.4. The highest BCUT2D eigenvalue weighted by Crippen LogP contribution is 2.28. The van der Waals surface area contributed by atoms with E-state index in [1.165, 1.54) is 0 Å². The van der Waals surface area contributed by atoms with Crippen LogP contribution in [-0.2, 0) is 22.6 Å². The minimum absolute atomic E-state index is 0.0242. The van der Waals surface area contributed by atoms with Crippen LogP contribution in [0.1, 0.15) is 30.6 Å². The highest BCUT2D eigenvalue weighted by molar-refractivity contribution is 7.89. The normalized spacial score (nSPS) is 13.1. The predicted molar refractivity (Wildman–Crippen MR) is 74.1 cm³/mol. The van der Waals surface area contributed by atoms with Crippen molar-refractivity contribution in [2.75, 3.05) is 12.3 Å². The van der Waals surface area contributed by atoms with Gasteiger partial charge in [0.05, 0.1) is 5.75 Å². The average Bonchev–Trinajstić information content (AvgIpc) is 2.94. The molecule has 0 saturated heterocycles. The van der Waals surface area contributed by atoms with E-state index in [1.54, 1.807) is 0 Å². The summed E-state index contributed by atoms with van der Waals surface area (Å²) < 4.78 is 64.1. The number of unbranched alkanes of at least 4 members (excludes halogenated alkanes) is 1. The molecule has 22 heavy (non-hydrogen) atoms. The van der Waals surface area contributed by atoms with Gasteiger partial charge >= 0.3 is 6.18 Å². The minimum atomic E-state index is -4.63. The van der Waals surface area contributed by atoms with E-state index in [0.29, 0.717) is 15.9 Å².